The van der Waals surface area contributed by atoms with E-state index >= 15 is 0 Å². The van der Waals surface area contributed by atoms with Crippen molar-refractivity contribution in [3.8, 4) is 0 Å². The van der Waals surface area contributed by atoms with Crippen LogP contribution in [0.2, 0.25) is 0 Å². The summed E-state index contributed by atoms with van der Waals surface area (Å²) in [7, 11) is 0. The van der Waals surface area contributed by atoms with E-state index in [9.17, 15) is 18.0 Å². The molecular formula is C18H23F3O3. The molecule has 1 atom stereocenters. The van der Waals surface area contributed by atoms with Crippen LogP contribution in [0, 0.1) is 6.92 Å². The van der Waals surface area contributed by atoms with E-state index in [1.807, 2.05) is 31.2 Å². The maximum atomic E-state index is 12.3. The van der Waals surface area contributed by atoms with Gasteiger partial charge in [-0.2, -0.15) is 13.2 Å². The molecule has 24 heavy (non-hydrogen) atoms. The van der Waals surface area contributed by atoms with Gasteiger partial charge in [-0.15, -0.1) is 0 Å². The summed E-state index contributed by atoms with van der Waals surface area (Å²) >= 11 is 0. The quantitative estimate of drug-likeness (QED) is 0.532. The molecule has 1 aromatic rings. The van der Waals surface area contributed by atoms with E-state index in [1.54, 1.807) is 26.8 Å². The van der Waals surface area contributed by atoms with Crippen LogP contribution < -0.4 is 0 Å². The fourth-order valence-electron chi connectivity index (χ4n) is 1.91. The van der Waals surface area contributed by atoms with Crippen molar-refractivity contribution in [3.63, 3.8) is 0 Å². The van der Waals surface area contributed by atoms with E-state index in [4.69, 9.17) is 9.47 Å². The number of ether oxygens (including phenoxy) is 2. The molecule has 0 bridgehead atoms. The topological polar surface area (TPSA) is 35.5 Å². The lowest BCUT2D eigenvalue weighted by atomic mass is 10.1. The van der Waals surface area contributed by atoms with Crippen molar-refractivity contribution in [2.75, 3.05) is 6.61 Å². The molecule has 1 rings (SSSR count). The van der Waals surface area contributed by atoms with Crippen molar-refractivity contribution in [2.24, 2.45) is 0 Å². The van der Waals surface area contributed by atoms with Crippen LogP contribution in [0.5, 0.6) is 0 Å². The highest BCUT2D eigenvalue weighted by molar-refractivity contribution is 5.93. The van der Waals surface area contributed by atoms with E-state index in [0.717, 1.165) is 11.1 Å². The zero-order chi connectivity index (χ0) is 18.4. The predicted molar refractivity (Wildman–Crippen MR) is 86.5 cm³/mol. The third-order valence-electron chi connectivity index (χ3n) is 2.79. The smallest absolute Gasteiger partial charge is 0.347 e. The average Bonchev–Trinajstić information content (AvgIpc) is 2.40. The molecule has 1 aromatic carbocycles. The molecule has 6 heteroatoms. The van der Waals surface area contributed by atoms with Gasteiger partial charge in [-0.25, -0.2) is 0 Å². The Morgan fingerprint density at radius 2 is 1.92 bits per heavy atom. The minimum absolute atomic E-state index is 0.282. The number of aryl methyl sites for hydroxylation is 1. The zero-order valence-corrected chi connectivity index (χ0v) is 14.3. The molecule has 0 N–H and O–H groups in total. The van der Waals surface area contributed by atoms with E-state index < -0.39 is 24.7 Å². The van der Waals surface area contributed by atoms with Crippen molar-refractivity contribution in [1.29, 1.82) is 0 Å². The maximum Gasteiger partial charge on any atom is 0.411 e. The highest BCUT2D eigenvalue weighted by atomic mass is 19.4. The second-order valence-electron chi connectivity index (χ2n) is 6.50. The van der Waals surface area contributed by atoms with Crippen LogP contribution in [-0.4, -0.2) is 30.5 Å². The number of alkyl halides is 3. The van der Waals surface area contributed by atoms with Gasteiger partial charge < -0.3 is 9.47 Å². The molecule has 3 nitrogen and oxygen atoms in total. The Labute approximate surface area is 140 Å². The third kappa shape index (κ3) is 9.47. The predicted octanol–water partition coefficient (Wildman–Crippen LogP) is 4.69. The Morgan fingerprint density at radius 1 is 1.25 bits per heavy atom. The fourth-order valence-corrected chi connectivity index (χ4v) is 1.91. The second kappa shape index (κ2) is 8.44. The Bertz CT molecular complexity index is 572. The summed E-state index contributed by atoms with van der Waals surface area (Å²) in [5, 5.41) is 0. The maximum absolute atomic E-state index is 12.3. The van der Waals surface area contributed by atoms with Crippen molar-refractivity contribution in [1.82, 2.24) is 0 Å². The number of ketones is 1. The number of carbonyl (C=O) groups excluding carboxylic acids is 1. The molecule has 0 aliphatic heterocycles. The van der Waals surface area contributed by atoms with Crippen LogP contribution in [0.4, 0.5) is 13.2 Å². The summed E-state index contributed by atoms with van der Waals surface area (Å²) in [6.45, 7) is 5.53. The van der Waals surface area contributed by atoms with Crippen LogP contribution >= 0.6 is 0 Å². The first-order valence-electron chi connectivity index (χ1n) is 7.58. The van der Waals surface area contributed by atoms with Gasteiger partial charge in [-0.3, -0.25) is 4.79 Å². The zero-order valence-electron chi connectivity index (χ0n) is 14.3. The van der Waals surface area contributed by atoms with E-state index in [-0.39, 0.29) is 12.2 Å². The van der Waals surface area contributed by atoms with Crippen LogP contribution in [0.25, 0.3) is 6.08 Å². The highest BCUT2D eigenvalue weighted by Crippen LogP contribution is 2.20. The van der Waals surface area contributed by atoms with Gasteiger partial charge in [0.15, 0.2) is 12.1 Å². The Hall–Kier alpha value is -1.66. The molecule has 0 aliphatic rings. The van der Waals surface area contributed by atoms with Gasteiger partial charge >= 0.3 is 6.18 Å². The molecule has 1 unspecified atom stereocenters. The van der Waals surface area contributed by atoms with E-state index in [0.29, 0.717) is 0 Å². The van der Waals surface area contributed by atoms with E-state index in [1.165, 1.54) is 6.08 Å². The number of benzene rings is 1. The van der Waals surface area contributed by atoms with Gasteiger partial charge in [-0.1, -0.05) is 35.9 Å². The van der Waals surface area contributed by atoms with Crippen molar-refractivity contribution in [3.05, 3.63) is 41.5 Å². The summed E-state index contributed by atoms with van der Waals surface area (Å²) in [5.41, 5.74) is 1.16. The summed E-state index contributed by atoms with van der Waals surface area (Å²) in [6.07, 6.45) is -3.06. The van der Waals surface area contributed by atoms with Gasteiger partial charge in [0, 0.05) is 0 Å². The molecule has 0 saturated carbocycles. The van der Waals surface area contributed by atoms with Crippen molar-refractivity contribution < 1.29 is 27.4 Å². The lowest BCUT2D eigenvalue weighted by Gasteiger charge is -2.27. The normalized spacial score (nSPS) is 14.1. The minimum atomic E-state index is -4.47. The third-order valence-corrected chi connectivity index (χ3v) is 2.79. The number of halogens is 3. The Kier molecular flexibility index (Phi) is 7.17. The first kappa shape index (κ1) is 20.4. The molecule has 0 heterocycles. The largest absolute Gasteiger partial charge is 0.411 e. The van der Waals surface area contributed by atoms with Gasteiger partial charge in [0.25, 0.3) is 0 Å². The Morgan fingerprint density at radius 3 is 2.46 bits per heavy atom. The number of carbonyl (C=O) groups is 1. The summed E-state index contributed by atoms with van der Waals surface area (Å²) in [6, 6.07) is 7.52. The van der Waals surface area contributed by atoms with Gasteiger partial charge in [0.2, 0.25) is 0 Å². The number of hydrogen-bond donors (Lipinski definition) is 0. The first-order valence-corrected chi connectivity index (χ1v) is 7.58. The van der Waals surface area contributed by atoms with Crippen LogP contribution in [0.1, 0.15) is 38.3 Å². The number of rotatable bonds is 7. The molecule has 0 aliphatic carbocycles. The molecular weight excluding hydrogens is 321 g/mol. The molecule has 0 radical (unpaired) electrons. The molecule has 0 spiro atoms. The van der Waals surface area contributed by atoms with Crippen LogP contribution in [0.15, 0.2) is 30.3 Å². The van der Waals surface area contributed by atoms with Crippen molar-refractivity contribution >= 4 is 11.9 Å². The van der Waals surface area contributed by atoms with Crippen LogP contribution in [0.3, 0.4) is 0 Å². The number of allylic oxidation sites excluding steroid dienone is 1. The lowest BCUT2D eigenvalue weighted by molar-refractivity contribution is -0.250. The average molecular weight is 344 g/mol. The molecule has 0 saturated heterocycles. The lowest BCUT2D eigenvalue weighted by Crippen LogP contribution is -2.33. The SMILES string of the molecule is Cc1cccc(/C=C/C(=O)CC(OCC(F)(F)F)OC(C)(C)C)c1. The monoisotopic (exact) mass is 344 g/mol. The Balaban J connectivity index is 2.68. The summed E-state index contributed by atoms with van der Waals surface area (Å²) < 4.78 is 47.1. The molecule has 0 amide bonds. The fraction of sp³-hybridized carbons (Fsp3) is 0.500. The van der Waals surface area contributed by atoms with Gasteiger partial charge in [-0.05, 0) is 39.3 Å². The van der Waals surface area contributed by atoms with Gasteiger partial charge in [0.05, 0.1) is 12.0 Å². The highest BCUT2D eigenvalue weighted by Gasteiger charge is 2.31. The molecule has 0 fully saturated rings. The standard InChI is InChI=1S/C18H23F3O3/c1-13-6-5-7-14(10-13)8-9-15(22)11-16(24-17(2,3)4)23-12-18(19,20)21/h5-10,16H,11-12H2,1-4H3/b9-8+. The summed E-state index contributed by atoms with van der Waals surface area (Å²) in [5.74, 6) is -0.368. The first-order chi connectivity index (χ1) is 10.9. The second-order valence-corrected chi connectivity index (χ2v) is 6.50. The minimum Gasteiger partial charge on any atom is -0.347 e. The van der Waals surface area contributed by atoms with Crippen molar-refractivity contribution in [2.45, 2.75) is 52.2 Å². The van der Waals surface area contributed by atoms with Crippen LogP contribution in [-0.2, 0) is 14.3 Å². The number of hydrogen-bond acceptors (Lipinski definition) is 3. The molecule has 134 valence electrons. The molecule has 0 aromatic heterocycles. The van der Waals surface area contributed by atoms with Gasteiger partial charge in [0.1, 0.15) is 6.61 Å². The van der Waals surface area contributed by atoms with E-state index in [2.05, 4.69) is 0 Å². The summed E-state index contributed by atoms with van der Waals surface area (Å²) in [4.78, 5) is 12.0.